The monoisotopic (exact) mass is 566 g/mol. The van der Waals surface area contributed by atoms with Crippen LogP contribution in [0.15, 0.2) is 59.6 Å². The van der Waals surface area contributed by atoms with Crippen LogP contribution in [0.25, 0.3) is 0 Å². The Kier molecular flexibility index (Phi) is 7.69. The van der Waals surface area contributed by atoms with E-state index in [1.54, 1.807) is 30.3 Å². The summed E-state index contributed by atoms with van der Waals surface area (Å²) in [6, 6.07) is 14.0. The number of carbonyl (C=O) groups excluding carboxylic acids is 1. The van der Waals surface area contributed by atoms with E-state index in [9.17, 15) is 17.6 Å². The molecule has 3 aliphatic rings. The van der Waals surface area contributed by atoms with Crippen molar-refractivity contribution in [2.24, 2.45) is 0 Å². The van der Waals surface area contributed by atoms with Crippen LogP contribution in [0.1, 0.15) is 54.1 Å². The molecule has 2 fully saturated rings. The molecule has 2 saturated heterocycles. The molecular weight excluding hydrogens is 531 g/mol. The van der Waals surface area contributed by atoms with Gasteiger partial charge in [0.2, 0.25) is 15.9 Å². The lowest BCUT2D eigenvalue weighted by Gasteiger charge is -2.33. The highest BCUT2D eigenvalue weighted by Gasteiger charge is 2.39. The summed E-state index contributed by atoms with van der Waals surface area (Å²) in [5, 5.41) is 11.6. The summed E-state index contributed by atoms with van der Waals surface area (Å²) in [6.45, 7) is 2.90. The van der Waals surface area contributed by atoms with Gasteiger partial charge < -0.3 is 5.32 Å². The fraction of sp³-hybridized carbons (Fsp3) is 0.483. The van der Waals surface area contributed by atoms with Crippen molar-refractivity contribution < 1.29 is 17.6 Å². The minimum Gasteiger partial charge on any atom is -0.353 e. The van der Waals surface area contributed by atoms with Crippen LogP contribution in [-0.2, 0) is 34.2 Å². The number of carbonyl (C=O) groups is 1. The van der Waals surface area contributed by atoms with Gasteiger partial charge in [-0.05, 0) is 60.9 Å². The highest BCUT2D eigenvalue weighted by molar-refractivity contribution is 7.89. The molecule has 3 heterocycles. The first-order valence-electron chi connectivity index (χ1n) is 14.1. The molecule has 0 spiro atoms. The number of alkyl halides is 1. The van der Waals surface area contributed by atoms with Crippen molar-refractivity contribution in [3.8, 4) is 0 Å². The maximum atomic E-state index is 13.5. The fourth-order valence-electron chi connectivity index (χ4n) is 6.19. The molecule has 2 atom stereocenters. The Morgan fingerprint density at radius 1 is 1.02 bits per heavy atom. The number of likely N-dealkylation sites (tertiary alicyclic amines) is 1. The van der Waals surface area contributed by atoms with E-state index in [0.717, 1.165) is 38.9 Å². The number of piperazine rings is 1. The molecule has 0 unspecified atom stereocenters. The summed E-state index contributed by atoms with van der Waals surface area (Å²) in [5.41, 5.74) is 4.35. The van der Waals surface area contributed by atoms with Crippen LogP contribution in [0, 0.1) is 0 Å². The van der Waals surface area contributed by atoms with Crippen molar-refractivity contribution in [2.45, 2.75) is 68.2 Å². The van der Waals surface area contributed by atoms with E-state index in [1.165, 1.54) is 21.0 Å². The van der Waals surface area contributed by atoms with Gasteiger partial charge in [0.25, 0.3) is 0 Å². The molecule has 0 saturated carbocycles. The second kappa shape index (κ2) is 11.4. The summed E-state index contributed by atoms with van der Waals surface area (Å²) in [4.78, 5) is 15.3. The third kappa shape index (κ3) is 5.55. The molecule has 2 aliphatic heterocycles. The number of rotatable bonds is 7. The molecule has 0 bridgehead atoms. The van der Waals surface area contributed by atoms with Gasteiger partial charge in [-0.1, -0.05) is 41.6 Å². The first kappa shape index (κ1) is 27.0. The van der Waals surface area contributed by atoms with E-state index in [2.05, 4.69) is 38.7 Å². The standard InChI is InChI=1S/C29H35FN6O3S/c30-23-11-14-34(15-12-23)19-21-9-10-26-22(17-21)5-4-8-27(26)35-20-24(32-33-35)18-28-29(37)31-13-16-36(28)40(38,39)25-6-2-1-3-7-25/h1-3,6-7,9-10,17,20,23,27-28H,4-5,8,11-16,18-19H2,(H,31,37)/t27-,28-/m1/s1. The van der Waals surface area contributed by atoms with Crippen molar-refractivity contribution in [3.63, 3.8) is 0 Å². The highest BCUT2D eigenvalue weighted by Crippen LogP contribution is 2.34. The van der Waals surface area contributed by atoms with Gasteiger partial charge in [0.15, 0.2) is 0 Å². The van der Waals surface area contributed by atoms with Gasteiger partial charge in [-0.15, -0.1) is 5.10 Å². The largest absolute Gasteiger partial charge is 0.353 e. The SMILES string of the molecule is O=C1NCCN(S(=O)(=O)c2ccccc2)[C@@H]1Cc1cn([C@@H]2CCCc3cc(CN4CCC(F)CC4)ccc32)nn1. The number of aryl methyl sites for hydroxylation is 1. The minimum absolute atomic E-state index is 0.0330. The second-order valence-corrected chi connectivity index (χ2v) is 12.9. The Morgan fingerprint density at radius 3 is 2.62 bits per heavy atom. The average Bonchev–Trinajstić information content (AvgIpc) is 3.44. The molecule has 1 N–H and O–H groups in total. The maximum absolute atomic E-state index is 13.5. The lowest BCUT2D eigenvalue weighted by molar-refractivity contribution is -0.126. The molecule has 11 heteroatoms. The number of aromatic nitrogens is 3. The molecule has 212 valence electrons. The summed E-state index contributed by atoms with van der Waals surface area (Å²) in [7, 11) is -3.84. The Morgan fingerprint density at radius 2 is 1.82 bits per heavy atom. The second-order valence-electron chi connectivity index (χ2n) is 11.0. The summed E-state index contributed by atoms with van der Waals surface area (Å²) in [6.07, 6.45) is 5.50. The zero-order valence-corrected chi connectivity index (χ0v) is 23.3. The Hall–Kier alpha value is -3.15. The van der Waals surface area contributed by atoms with E-state index in [1.807, 2.05) is 10.9 Å². The summed E-state index contributed by atoms with van der Waals surface area (Å²) >= 11 is 0. The number of hydrogen-bond acceptors (Lipinski definition) is 6. The highest BCUT2D eigenvalue weighted by atomic mass is 32.2. The molecule has 1 amide bonds. The summed E-state index contributed by atoms with van der Waals surface area (Å²) < 4.78 is 43.4. The van der Waals surface area contributed by atoms with E-state index < -0.39 is 22.2 Å². The molecule has 1 aromatic heterocycles. The molecule has 6 rings (SSSR count). The lowest BCUT2D eigenvalue weighted by Crippen LogP contribution is -2.57. The van der Waals surface area contributed by atoms with Crippen LogP contribution in [0.4, 0.5) is 4.39 Å². The normalized spacial score (nSPS) is 23.1. The molecule has 9 nitrogen and oxygen atoms in total. The number of hydrogen-bond donors (Lipinski definition) is 1. The molecule has 2 aromatic carbocycles. The zero-order chi connectivity index (χ0) is 27.7. The molecule has 1 aliphatic carbocycles. The van der Waals surface area contributed by atoms with Crippen molar-refractivity contribution in [1.82, 2.24) is 29.5 Å². The smallest absolute Gasteiger partial charge is 0.243 e. The predicted molar refractivity (Wildman–Crippen MR) is 148 cm³/mol. The molecule has 0 radical (unpaired) electrons. The number of benzene rings is 2. The van der Waals surface area contributed by atoms with Gasteiger partial charge in [-0.25, -0.2) is 17.5 Å². The molecular formula is C29H35FN6O3S. The lowest BCUT2D eigenvalue weighted by atomic mass is 9.86. The van der Waals surface area contributed by atoms with Gasteiger partial charge in [0.05, 0.1) is 16.6 Å². The van der Waals surface area contributed by atoms with Crippen LogP contribution in [-0.4, -0.2) is 76.9 Å². The Bertz CT molecular complexity index is 1460. The molecule has 40 heavy (non-hydrogen) atoms. The van der Waals surface area contributed by atoms with E-state index in [-0.39, 0.29) is 36.4 Å². The zero-order valence-electron chi connectivity index (χ0n) is 22.5. The van der Waals surface area contributed by atoms with E-state index in [4.69, 9.17) is 0 Å². The first-order chi connectivity index (χ1) is 19.4. The van der Waals surface area contributed by atoms with Crippen LogP contribution < -0.4 is 5.32 Å². The average molecular weight is 567 g/mol. The van der Waals surface area contributed by atoms with Gasteiger partial charge in [-0.2, -0.15) is 4.31 Å². The van der Waals surface area contributed by atoms with Crippen LogP contribution >= 0.6 is 0 Å². The third-order valence-corrected chi connectivity index (χ3v) is 10.2. The van der Waals surface area contributed by atoms with Crippen LogP contribution in [0.3, 0.4) is 0 Å². The fourth-order valence-corrected chi connectivity index (χ4v) is 7.80. The van der Waals surface area contributed by atoms with E-state index >= 15 is 0 Å². The van der Waals surface area contributed by atoms with Crippen LogP contribution in [0.5, 0.6) is 0 Å². The van der Waals surface area contributed by atoms with Gasteiger partial charge in [0.1, 0.15) is 12.2 Å². The number of nitrogens with one attached hydrogen (secondary N) is 1. The van der Waals surface area contributed by atoms with Gasteiger partial charge >= 0.3 is 0 Å². The summed E-state index contributed by atoms with van der Waals surface area (Å²) in [5.74, 6) is -0.327. The topological polar surface area (TPSA) is 100 Å². The quantitative estimate of drug-likeness (QED) is 0.472. The number of halogens is 1. The van der Waals surface area contributed by atoms with Crippen molar-refractivity contribution in [1.29, 1.82) is 0 Å². The number of sulfonamides is 1. The van der Waals surface area contributed by atoms with Crippen molar-refractivity contribution in [3.05, 3.63) is 77.1 Å². The van der Waals surface area contributed by atoms with Crippen molar-refractivity contribution in [2.75, 3.05) is 26.2 Å². The number of amides is 1. The maximum Gasteiger partial charge on any atom is 0.243 e. The van der Waals surface area contributed by atoms with E-state index in [0.29, 0.717) is 18.5 Å². The Balaban J connectivity index is 1.18. The number of piperidine rings is 1. The third-order valence-electron chi connectivity index (χ3n) is 8.32. The first-order valence-corrected chi connectivity index (χ1v) is 15.6. The molecule has 3 aromatic rings. The number of nitrogens with zero attached hydrogens (tertiary/aromatic N) is 5. The Labute approximate surface area is 234 Å². The number of fused-ring (bicyclic) bond motifs is 1. The van der Waals surface area contributed by atoms with Crippen LogP contribution in [0.2, 0.25) is 0 Å². The van der Waals surface area contributed by atoms with Crippen molar-refractivity contribution >= 4 is 15.9 Å². The minimum atomic E-state index is -3.84. The van der Waals surface area contributed by atoms with Gasteiger partial charge in [0, 0.05) is 45.3 Å². The predicted octanol–water partition coefficient (Wildman–Crippen LogP) is 2.87. The van der Waals surface area contributed by atoms with Gasteiger partial charge in [-0.3, -0.25) is 9.69 Å².